The van der Waals surface area contributed by atoms with Gasteiger partial charge in [0.15, 0.2) is 0 Å². The number of aliphatic carboxylic acids is 1. The highest BCUT2D eigenvalue weighted by Crippen LogP contribution is 2.29. The van der Waals surface area contributed by atoms with E-state index in [0.717, 1.165) is 55.7 Å². The van der Waals surface area contributed by atoms with Crippen LogP contribution in [0, 0.1) is 12.8 Å². The van der Waals surface area contributed by atoms with Gasteiger partial charge < -0.3 is 24.9 Å². The number of hydrogen-bond donors (Lipinski definition) is 3. The molecule has 8 nitrogen and oxygen atoms in total. The molecule has 3 unspecified atom stereocenters. The molecule has 1 aromatic heterocycles. The Kier molecular flexibility index (Phi) is 7.22. The fourth-order valence-electron chi connectivity index (χ4n) is 4.60. The number of aromatic nitrogens is 1. The number of ether oxygens (including phenoxy) is 1. The quantitative estimate of drug-likeness (QED) is 0.577. The molecule has 2 aromatic rings. The zero-order chi connectivity index (χ0) is 22.5. The maximum Gasteiger partial charge on any atom is 0.327 e. The zero-order valence-corrected chi connectivity index (χ0v) is 18.4. The lowest BCUT2D eigenvalue weighted by molar-refractivity contribution is -0.143. The van der Waals surface area contributed by atoms with Crippen molar-refractivity contribution in [2.75, 3.05) is 6.54 Å². The molecule has 0 spiro atoms. The van der Waals surface area contributed by atoms with Crippen LogP contribution in [0.4, 0.5) is 0 Å². The van der Waals surface area contributed by atoms with E-state index in [0.29, 0.717) is 18.9 Å². The van der Waals surface area contributed by atoms with Crippen molar-refractivity contribution in [3.8, 4) is 11.5 Å². The molecule has 2 fully saturated rings. The van der Waals surface area contributed by atoms with Crippen LogP contribution in [0.3, 0.4) is 0 Å². The maximum atomic E-state index is 12.8. The van der Waals surface area contributed by atoms with E-state index in [4.69, 9.17) is 9.15 Å². The van der Waals surface area contributed by atoms with Crippen LogP contribution >= 0.6 is 0 Å². The second kappa shape index (κ2) is 10.3. The number of amides is 1. The van der Waals surface area contributed by atoms with Crippen molar-refractivity contribution in [2.24, 2.45) is 5.92 Å². The number of nitrogens with one attached hydrogen (secondary N) is 2. The first-order chi connectivity index (χ1) is 15.5. The average Bonchev–Trinajstić information content (AvgIpc) is 3.46. The second-order valence-corrected chi connectivity index (χ2v) is 8.71. The molecule has 1 aliphatic heterocycles. The summed E-state index contributed by atoms with van der Waals surface area (Å²) in [7, 11) is 0. The van der Waals surface area contributed by atoms with Crippen LogP contribution in [0.2, 0.25) is 0 Å². The Morgan fingerprint density at radius 2 is 2.06 bits per heavy atom. The third-order valence-corrected chi connectivity index (χ3v) is 6.43. The SMILES string of the molecule is Cc1oc(-c2ccccc2)nc1COC1CCCC(C(=O)N[C@@H](C(=O)O)C2CCCN2)C1. The van der Waals surface area contributed by atoms with Crippen molar-refractivity contribution < 1.29 is 23.8 Å². The fourth-order valence-corrected chi connectivity index (χ4v) is 4.60. The van der Waals surface area contributed by atoms with E-state index in [-0.39, 0.29) is 24.0 Å². The summed E-state index contributed by atoms with van der Waals surface area (Å²) in [6, 6.07) is 8.63. The first kappa shape index (κ1) is 22.5. The molecule has 172 valence electrons. The molecule has 1 amide bonds. The number of carbonyl (C=O) groups excluding carboxylic acids is 1. The summed E-state index contributed by atoms with van der Waals surface area (Å²) in [6.07, 6.45) is 4.69. The van der Waals surface area contributed by atoms with Gasteiger partial charge in [0.25, 0.3) is 0 Å². The second-order valence-electron chi connectivity index (χ2n) is 8.71. The summed E-state index contributed by atoms with van der Waals surface area (Å²) in [5.74, 6) is -0.124. The highest BCUT2D eigenvalue weighted by atomic mass is 16.5. The maximum absolute atomic E-state index is 12.8. The molecule has 8 heteroatoms. The van der Waals surface area contributed by atoms with Gasteiger partial charge in [-0.15, -0.1) is 0 Å². The number of benzene rings is 1. The average molecular weight is 442 g/mol. The van der Waals surface area contributed by atoms with E-state index in [9.17, 15) is 14.7 Å². The summed E-state index contributed by atoms with van der Waals surface area (Å²) < 4.78 is 11.9. The lowest BCUT2D eigenvalue weighted by Gasteiger charge is -2.30. The van der Waals surface area contributed by atoms with Crippen molar-refractivity contribution in [3.05, 3.63) is 41.8 Å². The molecule has 0 bridgehead atoms. The molecule has 1 saturated heterocycles. The summed E-state index contributed by atoms with van der Waals surface area (Å²) in [6.45, 7) is 2.99. The lowest BCUT2D eigenvalue weighted by atomic mass is 9.86. The normalized spacial score (nSPS) is 24.2. The van der Waals surface area contributed by atoms with Crippen molar-refractivity contribution >= 4 is 11.9 Å². The topological polar surface area (TPSA) is 114 Å². The van der Waals surface area contributed by atoms with Crippen molar-refractivity contribution in [1.29, 1.82) is 0 Å². The van der Waals surface area contributed by atoms with Crippen molar-refractivity contribution in [3.63, 3.8) is 0 Å². The monoisotopic (exact) mass is 441 g/mol. The number of aryl methyl sites for hydroxylation is 1. The van der Waals surface area contributed by atoms with E-state index in [1.807, 2.05) is 37.3 Å². The van der Waals surface area contributed by atoms with Crippen molar-refractivity contribution in [1.82, 2.24) is 15.6 Å². The number of carboxylic acids is 1. The first-order valence-corrected chi connectivity index (χ1v) is 11.4. The van der Waals surface area contributed by atoms with E-state index in [1.54, 1.807) is 0 Å². The summed E-state index contributed by atoms with van der Waals surface area (Å²) >= 11 is 0. The molecule has 1 saturated carbocycles. The number of hydrogen-bond acceptors (Lipinski definition) is 6. The largest absolute Gasteiger partial charge is 0.480 e. The Bertz CT molecular complexity index is 923. The van der Waals surface area contributed by atoms with Crippen LogP contribution in [0.1, 0.15) is 50.0 Å². The number of nitrogens with zero attached hydrogens (tertiary/aromatic N) is 1. The smallest absolute Gasteiger partial charge is 0.327 e. The highest BCUT2D eigenvalue weighted by molar-refractivity contribution is 5.85. The molecule has 1 aliphatic carbocycles. The molecular formula is C24H31N3O5. The van der Waals surface area contributed by atoms with Crippen LogP contribution in [-0.2, 0) is 20.9 Å². The van der Waals surface area contributed by atoms with Gasteiger partial charge in [0.05, 0.1) is 12.7 Å². The van der Waals surface area contributed by atoms with E-state index < -0.39 is 12.0 Å². The number of oxazole rings is 1. The minimum atomic E-state index is -0.989. The van der Waals surface area contributed by atoms with E-state index >= 15 is 0 Å². The third kappa shape index (κ3) is 5.37. The number of rotatable bonds is 8. The molecule has 2 heterocycles. The minimum Gasteiger partial charge on any atom is -0.480 e. The Morgan fingerprint density at radius 3 is 2.78 bits per heavy atom. The third-order valence-electron chi connectivity index (χ3n) is 6.43. The van der Waals surface area contributed by atoms with E-state index in [2.05, 4.69) is 15.6 Å². The summed E-state index contributed by atoms with van der Waals surface area (Å²) in [4.78, 5) is 29.1. The molecule has 3 N–H and O–H groups in total. The van der Waals surface area contributed by atoms with Crippen LogP contribution in [0.25, 0.3) is 11.5 Å². The predicted molar refractivity (Wildman–Crippen MR) is 118 cm³/mol. The molecule has 1 aromatic carbocycles. The molecule has 0 radical (unpaired) electrons. The van der Waals surface area contributed by atoms with Gasteiger partial charge in [0.2, 0.25) is 11.8 Å². The van der Waals surface area contributed by atoms with Gasteiger partial charge in [0.1, 0.15) is 17.5 Å². The Morgan fingerprint density at radius 1 is 1.25 bits per heavy atom. The summed E-state index contributed by atoms with van der Waals surface area (Å²) in [5, 5.41) is 15.5. The van der Waals surface area contributed by atoms with Gasteiger partial charge >= 0.3 is 5.97 Å². The molecular weight excluding hydrogens is 410 g/mol. The van der Waals surface area contributed by atoms with Gasteiger partial charge in [0, 0.05) is 17.5 Å². The Labute approximate surface area is 187 Å². The fraction of sp³-hybridized carbons (Fsp3) is 0.542. The number of carbonyl (C=O) groups is 2. The van der Waals surface area contributed by atoms with E-state index in [1.165, 1.54) is 0 Å². The lowest BCUT2D eigenvalue weighted by Crippen LogP contribution is -2.54. The van der Waals surface area contributed by atoms with Crippen LogP contribution in [0.15, 0.2) is 34.7 Å². The predicted octanol–water partition coefficient (Wildman–Crippen LogP) is 3.05. The molecule has 4 rings (SSSR count). The van der Waals surface area contributed by atoms with Gasteiger partial charge in [-0.1, -0.05) is 24.6 Å². The van der Waals surface area contributed by atoms with Crippen LogP contribution in [0.5, 0.6) is 0 Å². The minimum absolute atomic E-state index is 0.0661. The first-order valence-electron chi connectivity index (χ1n) is 11.4. The van der Waals surface area contributed by atoms with Crippen LogP contribution in [-0.4, -0.2) is 46.7 Å². The van der Waals surface area contributed by atoms with Gasteiger partial charge in [-0.05, 0) is 57.7 Å². The molecule has 2 aliphatic rings. The van der Waals surface area contributed by atoms with Crippen molar-refractivity contribution in [2.45, 2.75) is 70.2 Å². The van der Waals surface area contributed by atoms with Gasteiger partial charge in [-0.25, -0.2) is 9.78 Å². The van der Waals surface area contributed by atoms with Gasteiger partial charge in [-0.2, -0.15) is 0 Å². The zero-order valence-electron chi connectivity index (χ0n) is 18.4. The van der Waals surface area contributed by atoms with Crippen LogP contribution < -0.4 is 10.6 Å². The van der Waals surface area contributed by atoms with Gasteiger partial charge in [-0.3, -0.25) is 4.79 Å². The molecule has 4 atom stereocenters. The number of carboxylic acid groups (broad SMARTS) is 1. The summed E-state index contributed by atoms with van der Waals surface area (Å²) in [5.41, 5.74) is 1.68. The molecule has 32 heavy (non-hydrogen) atoms. The standard InChI is InChI=1S/C24H31N3O5/c1-15-20(26-23(32-15)16-7-3-2-4-8-16)14-31-18-10-5-9-17(13-18)22(28)27-21(24(29)30)19-11-6-12-25-19/h2-4,7-8,17-19,21,25H,5-6,9-14H2,1H3,(H,27,28)(H,29,30)/t17?,18?,19?,21-/m1/s1. The Hall–Kier alpha value is -2.71. The highest BCUT2D eigenvalue weighted by Gasteiger charge is 2.35. The Balaban J connectivity index is 1.32.